The van der Waals surface area contributed by atoms with Crippen molar-refractivity contribution < 1.29 is 22.9 Å². The molecule has 0 saturated heterocycles. The minimum Gasteiger partial charge on any atom is -0.402 e. The van der Waals surface area contributed by atoms with Crippen LogP contribution in [0, 0.1) is 0 Å². The monoisotopic (exact) mass is 326 g/mol. The van der Waals surface area contributed by atoms with Crippen molar-refractivity contribution in [3.05, 3.63) is 27.7 Å². The molecule has 0 fully saturated rings. The van der Waals surface area contributed by atoms with Gasteiger partial charge in [-0.15, -0.1) is 0 Å². The predicted octanol–water partition coefficient (Wildman–Crippen LogP) is 4.37. The van der Waals surface area contributed by atoms with Crippen molar-refractivity contribution in [1.82, 2.24) is 0 Å². The summed E-state index contributed by atoms with van der Waals surface area (Å²) >= 11 is 11.7. The van der Waals surface area contributed by atoms with Gasteiger partial charge in [0, 0.05) is 5.02 Å². The fourth-order valence-electron chi connectivity index (χ4n) is 1.28. The van der Waals surface area contributed by atoms with Gasteiger partial charge < -0.3 is 4.52 Å². The lowest BCUT2D eigenvalue weighted by Gasteiger charge is -2.18. The Balaban J connectivity index is 3.16. The van der Waals surface area contributed by atoms with Crippen molar-refractivity contribution in [2.75, 3.05) is 13.2 Å². The molecule has 0 heterocycles. The average molecular weight is 327 g/mol. The quantitative estimate of drug-likeness (QED) is 0.550. The van der Waals surface area contributed by atoms with Crippen LogP contribution < -0.4 is 4.52 Å². The SMILES string of the molecule is CCOP(=O)(OCC)Oc1c(Cl)cc(Cl)cc1C=O. The molecule has 8 heteroatoms. The summed E-state index contributed by atoms with van der Waals surface area (Å²) in [6, 6.07) is 2.71. The fraction of sp³-hybridized carbons (Fsp3) is 0.364. The second kappa shape index (κ2) is 7.27. The lowest BCUT2D eigenvalue weighted by atomic mass is 10.2. The zero-order valence-electron chi connectivity index (χ0n) is 10.4. The van der Waals surface area contributed by atoms with Gasteiger partial charge in [0.25, 0.3) is 0 Å². The Bertz CT molecular complexity index is 496. The molecule has 106 valence electrons. The zero-order chi connectivity index (χ0) is 14.5. The Labute approximate surface area is 121 Å². The van der Waals surface area contributed by atoms with Crippen molar-refractivity contribution in [3.8, 4) is 5.75 Å². The highest BCUT2D eigenvalue weighted by Gasteiger charge is 2.29. The minimum absolute atomic E-state index is 0.0502. The van der Waals surface area contributed by atoms with E-state index in [1.807, 2.05) is 0 Å². The molecule has 5 nitrogen and oxygen atoms in total. The minimum atomic E-state index is -3.81. The van der Waals surface area contributed by atoms with Crippen LogP contribution in [0.4, 0.5) is 0 Å². The zero-order valence-corrected chi connectivity index (χ0v) is 12.8. The van der Waals surface area contributed by atoms with Crippen molar-refractivity contribution in [3.63, 3.8) is 0 Å². The van der Waals surface area contributed by atoms with E-state index >= 15 is 0 Å². The molecule has 0 bridgehead atoms. The first kappa shape index (κ1) is 16.5. The van der Waals surface area contributed by atoms with E-state index in [-0.39, 0.29) is 34.6 Å². The molecular weight excluding hydrogens is 314 g/mol. The van der Waals surface area contributed by atoms with Gasteiger partial charge in [-0.2, -0.15) is 0 Å². The number of carbonyl (C=O) groups is 1. The number of carbonyl (C=O) groups excluding carboxylic acids is 1. The first-order chi connectivity index (χ1) is 8.95. The van der Waals surface area contributed by atoms with Gasteiger partial charge in [0.2, 0.25) is 0 Å². The van der Waals surface area contributed by atoms with Crippen LogP contribution in [-0.2, 0) is 13.6 Å². The van der Waals surface area contributed by atoms with Crippen molar-refractivity contribution in [2.24, 2.45) is 0 Å². The number of hydrogen-bond acceptors (Lipinski definition) is 5. The molecule has 19 heavy (non-hydrogen) atoms. The number of phosphoric ester groups is 1. The predicted molar refractivity (Wildman–Crippen MR) is 73.3 cm³/mol. The maximum atomic E-state index is 12.2. The fourth-order valence-corrected chi connectivity index (χ4v) is 3.12. The molecule has 0 aliphatic rings. The van der Waals surface area contributed by atoms with E-state index < -0.39 is 7.82 Å². The summed E-state index contributed by atoms with van der Waals surface area (Å²) in [4.78, 5) is 11.0. The van der Waals surface area contributed by atoms with Gasteiger partial charge in [0.05, 0.1) is 23.8 Å². The van der Waals surface area contributed by atoms with Gasteiger partial charge in [0.1, 0.15) is 0 Å². The Kier molecular flexibility index (Phi) is 6.30. The van der Waals surface area contributed by atoms with Crippen LogP contribution in [0.1, 0.15) is 24.2 Å². The summed E-state index contributed by atoms with van der Waals surface area (Å²) in [6.45, 7) is 3.52. The second-order valence-corrected chi connectivity index (χ2v) is 5.73. The van der Waals surface area contributed by atoms with Crippen LogP contribution in [0.25, 0.3) is 0 Å². The molecule has 0 aliphatic carbocycles. The number of rotatable bonds is 7. The highest BCUT2D eigenvalue weighted by Crippen LogP contribution is 2.51. The van der Waals surface area contributed by atoms with Crippen LogP contribution in [0.5, 0.6) is 5.75 Å². The Morgan fingerprint density at radius 2 is 1.79 bits per heavy atom. The van der Waals surface area contributed by atoms with Crippen molar-refractivity contribution >= 4 is 37.3 Å². The summed E-state index contributed by atoms with van der Waals surface area (Å²) in [5, 5.41) is 0.316. The van der Waals surface area contributed by atoms with E-state index in [1.54, 1.807) is 13.8 Å². The van der Waals surface area contributed by atoms with Gasteiger partial charge in [-0.05, 0) is 26.0 Å². The Hall–Kier alpha value is -0.580. The third-order valence-electron chi connectivity index (χ3n) is 1.94. The van der Waals surface area contributed by atoms with Crippen LogP contribution in [0.3, 0.4) is 0 Å². The molecule has 0 amide bonds. The Morgan fingerprint density at radius 3 is 2.26 bits per heavy atom. The normalized spacial score (nSPS) is 11.4. The third kappa shape index (κ3) is 4.48. The second-order valence-electron chi connectivity index (χ2n) is 3.30. The Morgan fingerprint density at radius 1 is 1.21 bits per heavy atom. The molecule has 1 rings (SSSR count). The van der Waals surface area contributed by atoms with Crippen LogP contribution in [-0.4, -0.2) is 19.5 Å². The summed E-state index contributed by atoms with van der Waals surface area (Å²) in [5.41, 5.74) is 0.0668. The number of hydrogen-bond donors (Lipinski definition) is 0. The van der Waals surface area contributed by atoms with Gasteiger partial charge in [0.15, 0.2) is 12.0 Å². The van der Waals surface area contributed by atoms with Gasteiger partial charge in [-0.25, -0.2) is 4.57 Å². The third-order valence-corrected chi connectivity index (χ3v) is 4.00. The molecule has 0 radical (unpaired) electrons. The van der Waals surface area contributed by atoms with Gasteiger partial charge in [-0.3, -0.25) is 13.8 Å². The number of phosphoric acid groups is 1. The lowest BCUT2D eigenvalue weighted by Crippen LogP contribution is -2.04. The molecule has 0 N–H and O–H groups in total. The molecule has 0 saturated carbocycles. The summed E-state index contributed by atoms with van der Waals surface area (Å²) < 4.78 is 27.3. The highest BCUT2D eigenvalue weighted by atomic mass is 35.5. The van der Waals surface area contributed by atoms with Gasteiger partial charge in [-0.1, -0.05) is 23.2 Å². The average Bonchev–Trinajstić information content (AvgIpc) is 2.33. The number of benzene rings is 1. The lowest BCUT2D eigenvalue weighted by molar-refractivity contribution is 0.112. The molecular formula is C11H13Cl2O5P. The first-order valence-corrected chi connectivity index (χ1v) is 7.70. The van der Waals surface area contributed by atoms with E-state index in [0.717, 1.165) is 0 Å². The maximum absolute atomic E-state index is 12.2. The molecule has 0 unspecified atom stereocenters. The van der Waals surface area contributed by atoms with Crippen molar-refractivity contribution in [1.29, 1.82) is 0 Å². The van der Waals surface area contributed by atoms with Crippen molar-refractivity contribution in [2.45, 2.75) is 13.8 Å². The van der Waals surface area contributed by atoms with Gasteiger partial charge >= 0.3 is 7.82 Å². The highest BCUT2D eigenvalue weighted by molar-refractivity contribution is 7.48. The molecule has 0 aromatic heterocycles. The summed E-state index contributed by atoms with van der Waals surface area (Å²) in [7, 11) is -3.81. The van der Waals surface area contributed by atoms with Crippen LogP contribution in [0.15, 0.2) is 12.1 Å². The molecule has 0 aliphatic heterocycles. The summed E-state index contributed by atoms with van der Waals surface area (Å²) in [6.07, 6.45) is 0.495. The molecule has 1 aromatic carbocycles. The standard InChI is InChI=1S/C11H13Cl2O5P/c1-3-16-19(15,17-4-2)18-11-8(7-14)5-9(12)6-10(11)13/h5-7H,3-4H2,1-2H3. The van der Waals surface area contributed by atoms with E-state index in [0.29, 0.717) is 6.29 Å². The summed E-state index contributed by atoms with van der Waals surface area (Å²) in [5.74, 6) is -0.0775. The molecule has 1 aromatic rings. The van der Waals surface area contributed by atoms with E-state index in [2.05, 4.69) is 0 Å². The number of aldehydes is 1. The van der Waals surface area contributed by atoms with E-state index in [4.69, 9.17) is 36.8 Å². The topological polar surface area (TPSA) is 61.8 Å². The molecule has 0 atom stereocenters. The number of halogens is 2. The van der Waals surface area contributed by atoms with Crippen LogP contribution in [0.2, 0.25) is 10.0 Å². The smallest absolute Gasteiger partial charge is 0.402 e. The largest absolute Gasteiger partial charge is 0.530 e. The first-order valence-electron chi connectivity index (χ1n) is 5.48. The maximum Gasteiger partial charge on any atom is 0.530 e. The molecule has 0 spiro atoms. The van der Waals surface area contributed by atoms with Crippen LogP contribution >= 0.6 is 31.0 Å². The van der Waals surface area contributed by atoms with E-state index in [9.17, 15) is 9.36 Å². The van der Waals surface area contributed by atoms with E-state index in [1.165, 1.54) is 12.1 Å².